The summed E-state index contributed by atoms with van der Waals surface area (Å²) in [6, 6.07) is 4.17. The zero-order valence-electron chi connectivity index (χ0n) is 8.79. The molecule has 0 aliphatic heterocycles. The van der Waals surface area contributed by atoms with Gasteiger partial charge in [-0.1, -0.05) is 0 Å². The van der Waals surface area contributed by atoms with Crippen LogP contribution in [0.25, 0.3) is 0 Å². The third-order valence-electron chi connectivity index (χ3n) is 3.68. The second kappa shape index (κ2) is 2.97. The molecule has 0 saturated heterocycles. The summed E-state index contributed by atoms with van der Waals surface area (Å²) in [6.07, 6.45) is 3.24. The largest absolute Gasteiger partial charge is 0.396 e. The molecule has 2 bridgehead atoms. The normalized spacial score (nSPS) is 30.2. The van der Waals surface area contributed by atoms with E-state index in [0.717, 1.165) is 25.2 Å². The molecule has 3 aliphatic carbocycles. The van der Waals surface area contributed by atoms with Crippen molar-refractivity contribution in [2.45, 2.75) is 24.8 Å². The molecule has 1 aromatic rings. The number of carbonyl (C=O) groups is 1. The fourth-order valence-electron chi connectivity index (χ4n) is 2.61. The van der Waals surface area contributed by atoms with Gasteiger partial charge in [0, 0.05) is 11.1 Å². The molecule has 0 radical (unpaired) electrons. The van der Waals surface area contributed by atoms with Gasteiger partial charge in [-0.25, -0.2) is 4.39 Å². The molecule has 1 amide bonds. The Morgan fingerprint density at radius 2 is 2.12 bits per heavy atom. The van der Waals surface area contributed by atoms with E-state index in [1.54, 1.807) is 6.07 Å². The van der Waals surface area contributed by atoms with Crippen molar-refractivity contribution < 1.29 is 9.18 Å². The maximum atomic E-state index is 13.2. The summed E-state index contributed by atoms with van der Waals surface area (Å²) in [5, 5.41) is 2.98. The first kappa shape index (κ1) is 9.63. The van der Waals surface area contributed by atoms with Crippen LogP contribution < -0.4 is 11.1 Å². The highest BCUT2D eigenvalue weighted by Gasteiger charge is 2.57. The first-order chi connectivity index (χ1) is 7.58. The van der Waals surface area contributed by atoms with Gasteiger partial charge >= 0.3 is 0 Å². The van der Waals surface area contributed by atoms with Crippen molar-refractivity contribution in [3.8, 4) is 0 Å². The van der Waals surface area contributed by atoms with Gasteiger partial charge in [0.05, 0.1) is 5.69 Å². The predicted molar refractivity (Wildman–Crippen MR) is 58.4 cm³/mol. The highest BCUT2D eigenvalue weighted by Crippen LogP contribution is 2.56. The van der Waals surface area contributed by atoms with Gasteiger partial charge in [0.1, 0.15) is 5.82 Å². The van der Waals surface area contributed by atoms with Crippen molar-refractivity contribution in [3.05, 3.63) is 29.6 Å². The van der Waals surface area contributed by atoms with E-state index in [-0.39, 0.29) is 17.1 Å². The van der Waals surface area contributed by atoms with Gasteiger partial charge in [-0.05, 0) is 43.4 Å². The number of anilines is 1. The number of benzene rings is 1. The van der Waals surface area contributed by atoms with Crippen molar-refractivity contribution in [2.24, 2.45) is 5.92 Å². The fourth-order valence-corrected chi connectivity index (χ4v) is 2.61. The van der Waals surface area contributed by atoms with Crippen LogP contribution in [0.1, 0.15) is 29.6 Å². The average Bonchev–Trinajstić information content (AvgIpc) is 2.13. The first-order valence-electron chi connectivity index (χ1n) is 5.46. The van der Waals surface area contributed by atoms with Crippen LogP contribution in [0, 0.1) is 11.7 Å². The van der Waals surface area contributed by atoms with E-state index >= 15 is 0 Å². The lowest BCUT2D eigenvalue weighted by Gasteiger charge is -2.61. The summed E-state index contributed by atoms with van der Waals surface area (Å²) < 4.78 is 13.2. The summed E-state index contributed by atoms with van der Waals surface area (Å²) in [4.78, 5) is 11.8. The predicted octanol–water partition coefficient (Wildman–Crippen LogP) is 1.69. The van der Waals surface area contributed by atoms with Crippen molar-refractivity contribution >= 4 is 11.6 Å². The molecule has 3 nitrogen and oxygen atoms in total. The molecular formula is C12H13FN2O. The van der Waals surface area contributed by atoms with Gasteiger partial charge in [0.15, 0.2) is 0 Å². The van der Waals surface area contributed by atoms with Gasteiger partial charge in [0.25, 0.3) is 5.91 Å². The highest BCUT2D eigenvalue weighted by atomic mass is 19.1. The standard InChI is InChI=1S/C12H13FN2O/c13-9-3-8(1-2-10(9)14)11(16)15-12-4-7(5-12)6-12/h1-3,7H,4-6,14H2,(H,15,16). The SMILES string of the molecule is Nc1ccc(C(=O)NC23CC(C2)C3)cc1F. The minimum atomic E-state index is -0.537. The van der Waals surface area contributed by atoms with E-state index in [1.807, 2.05) is 0 Å². The molecule has 0 heterocycles. The van der Waals surface area contributed by atoms with Gasteiger partial charge in [-0.3, -0.25) is 4.79 Å². The third-order valence-corrected chi connectivity index (χ3v) is 3.68. The Morgan fingerprint density at radius 1 is 1.44 bits per heavy atom. The number of nitrogens with two attached hydrogens (primary N) is 1. The number of nitrogens with one attached hydrogen (secondary N) is 1. The summed E-state index contributed by atoms with van der Waals surface area (Å²) in [5.74, 6) is 0.0748. The summed E-state index contributed by atoms with van der Waals surface area (Å²) in [7, 11) is 0. The molecular weight excluding hydrogens is 207 g/mol. The first-order valence-corrected chi connectivity index (χ1v) is 5.46. The van der Waals surface area contributed by atoms with E-state index in [2.05, 4.69) is 5.32 Å². The van der Waals surface area contributed by atoms with E-state index in [4.69, 9.17) is 5.73 Å². The van der Waals surface area contributed by atoms with Crippen LogP contribution in [0.4, 0.5) is 10.1 Å². The smallest absolute Gasteiger partial charge is 0.251 e. The summed E-state index contributed by atoms with van der Waals surface area (Å²) in [5.41, 5.74) is 5.80. The van der Waals surface area contributed by atoms with Crippen LogP contribution in [0.2, 0.25) is 0 Å². The number of halogens is 1. The Morgan fingerprint density at radius 3 is 2.62 bits per heavy atom. The van der Waals surface area contributed by atoms with Gasteiger partial charge in [-0.2, -0.15) is 0 Å². The summed E-state index contributed by atoms with van der Waals surface area (Å²) >= 11 is 0. The van der Waals surface area contributed by atoms with Crippen LogP contribution in [0.5, 0.6) is 0 Å². The number of hydrogen-bond acceptors (Lipinski definition) is 2. The zero-order valence-corrected chi connectivity index (χ0v) is 8.79. The number of carbonyl (C=O) groups excluding carboxylic acids is 1. The Hall–Kier alpha value is -1.58. The quantitative estimate of drug-likeness (QED) is 0.745. The second-order valence-corrected chi connectivity index (χ2v) is 4.95. The van der Waals surface area contributed by atoms with Crippen LogP contribution in [0.15, 0.2) is 18.2 Å². The average molecular weight is 220 g/mol. The Kier molecular flexibility index (Phi) is 1.79. The molecule has 3 fully saturated rings. The molecule has 1 aromatic carbocycles. The third kappa shape index (κ3) is 1.29. The minimum absolute atomic E-state index is 0.0274. The van der Waals surface area contributed by atoms with E-state index in [9.17, 15) is 9.18 Å². The molecule has 84 valence electrons. The van der Waals surface area contributed by atoms with Gasteiger partial charge in [0.2, 0.25) is 0 Å². The van der Waals surface area contributed by atoms with Crippen molar-refractivity contribution in [2.75, 3.05) is 5.73 Å². The van der Waals surface area contributed by atoms with Gasteiger partial charge < -0.3 is 11.1 Å². The number of amides is 1. The number of nitrogen functional groups attached to an aromatic ring is 1. The summed E-state index contributed by atoms with van der Waals surface area (Å²) in [6.45, 7) is 0. The van der Waals surface area contributed by atoms with Crippen LogP contribution in [0.3, 0.4) is 0 Å². The molecule has 0 spiro atoms. The maximum absolute atomic E-state index is 13.2. The fraction of sp³-hybridized carbons (Fsp3) is 0.417. The monoisotopic (exact) mass is 220 g/mol. The molecule has 4 rings (SSSR count). The van der Waals surface area contributed by atoms with Gasteiger partial charge in [-0.15, -0.1) is 0 Å². The molecule has 16 heavy (non-hydrogen) atoms. The molecule has 3 N–H and O–H groups in total. The lowest BCUT2D eigenvalue weighted by atomic mass is 9.50. The van der Waals surface area contributed by atoms with Crippen LogP contribution in [-0.4, -0.2) is 11.4 Å². The molecule has 4 heteroatoms. The highest BCUT2D eigenvalue weighted by molar-refractivity contribution is 5.95. The molecule has 3 saturated carbocycles. The topological polar surface area (TPSA) is 55.1 Å². The molecule has 0 aromatic heterocycles. The molecule has 0 unspecified atom stereocenters. The van der Waals surface area contributed by atoms with E-state index in [1.165, 1.54) is 12.1 Å². The number of rotatable bonds is 2. The zero-order chi connectivity index (χ0) is 11.3. The molecule has 3 aliphatic rings. The lowest BCUT2D eigenvalue weighted by molar-refractivity contribution is -0.0438. The lowest BCUT2D eigenvalue weighted by Crippen LogP contribution is -2.68. The Balaban J connectivity index is 1.75. The van der Waals surface area contributed by atoms with E-state index in [0.29, 0.717) is 5.56 Å². The van der Waals surface area contributed by atoms with Crippen molar-refractivity contribution in [3.63, 3.8) is 0 Å². The van der Waals surface area contributed by atoms with Crippen LogP contribution >= 0.6 is 0 Å². The Bertz CT molecular complexity index is 455. The minimum Gasteiger partial charge on any atom is -0.396 e. The van der Waals surface area contributed by atoms with Crippen LogP contribution in [-0.2, 0) is 0 Å². The number of hydrogen-bond donors (Lipinski definition) is 2. The van der Waals surface area contributed by atoms with Crippen molar-refractivity contribution in [1.29, 1.82) is 0 Å². The van der Waals surface area contributed by atoms with E-state index < -0.39 is 5.82 Å². The second-order valence-electron chi connectivity index (χ2n) is 4.95. The maximum Gasteiger partial charge on any atom is 0.251 e. The molecule has 0 atom stereocenters. The van der Waals surface area contributed by atoms with Crippen molar-refractivity contribution in [1.82, 2.24) is 5.32 Å². The Labute approximate surface area is 92.8 Å².